The second-order valence-corrected chi connectivity index (χ2v) is 6.60. The maximum absolute atomic E-state index is 12.7. The third-order valence-electron chi connectivity index (χ3n) is 4.14. The van der Waals surface area contributed by atoms with Crippen molar-refractivity contribution in [1.82, 2.24) is 5.16 Å². The van der Waals surface area contributed by atoms with Gasteiger partial charge in [0.05, 0.1) is 36.1 Å². The predicted octanol–water partition coefficient (Wildman–Crippen LogP) is 4.26. The number of esters is 1. The molecule has 9 heteroatoms. The van der Waals surface area contributed by atoms with Crippen LogP contribution in [-0.2, 0) is 11.3 Å². The number of rotatable bonds is 7. The molecule has 0 saturated carbocycles. The lowest BCUT2D eigenvalue weighted by Gasteiger charge is -2.15. The Balaban J connectivity index is 1.91. The SMILES string of the molecule is COc1cc(NC(=O)c2ccccc2Cl)c(C(=O)OCc2cc(C)on2)cc1OC. The smallest absolute Gasteiger partial charge is 0.340 e. The Labute approximate surface area is 177 Å². The van der Waals surface area contributed by atoms with E-state index in [-0.39, 0.29) is 28.4 Å². The topological polar surface area (TPSA) is 99.9 Å². The molecule has 0 aliphatic heterocycles. The Morgan fingerprint density at radius 3 is 2.40 bits per heavy atom. The normalized spacial score (nSPS) is 10.4. The summed E-state index contributed by atoms with van der Waals surface area (Å²) in [6, 6.07) is 11.1. The summed E-state index contributed by atoms with van der Waals surface area (Å²) in [4.78, 5) is 25.4. The van der Waals surface area contributed by atoms with Crippen LogP contribution in [0.3, 0.4) is 0 Å². The number of aryl methyl sites for hydroxylation is 1. The van der Waals surface area contributed by atoms with E-state index in [9.17, 15) is 9.59 Å². The van der Waals surface area contributed by atoms with E-state index < -0.39 is 11.9 Å². The van der Waals surface area contributed by atoms with Crippen molar-refractivity contribution < 1.29 is 28.3 Å². The minimum Gasteiger partial charge on any atom is -0.493 e. The first-order valence-electron chi connectivity index (χ1n) is 8.84. The zero-order valence-electron chi connectivity index (χ0n) is 16.5. The molecule has 0 radical (unpaired) electrons. The number of carbonyl (C=O) groups is 2. The van der Waals surface area contributed by atoms with E-state index >= 15 is 0 Å². The number of halogens is 1. The van der Waals surface area contributed by atoms with Gasteiger partial charge in [-0.1, -0.05) is 28.9 Å². The highest BCUT2D eigenvalue weighted by molar-refractivity contribution is 6.34. The molecular weight excluding hydrogens is 412 g/mol. The number of benzene rings is 2. The van der Waals surface area contributed by atoms with Crippen molar-refractivity contribution in [2.75, 3.05) is 19.5 Å². The lowest BCUT2D eigenvalue weighted by atomic mass is 10.1. The second kappa shape index (κ2) is 9.32. The van der Waals surface area contributed by atoms with Crippen molar-refractivity contribution in [3.8, 4) is 11.5 Å². The highest BCUT2D eigenvalue weighted by Crippen LogP contribution is 2.34. The van der Waals surface area contributed by atoms with E-state index in [1.165, 1.54) is 26.4 Å². The lowest BCUT2D eigenvalue weighted by Crippen LogP contribution is -2.17. The number of nitrogens with one attached hydrogen (secondary N) is 1. The van der Waals surface area contributed by atoms with Gasteiger partial charge in [0.15, 0.2) is 11.5 Å². The van der Waals surface area contributed by atoms with E-state index in [2.05, 4.69) is 10.5 Å². The summed E-state index contributed by atoms with van der Waals surface area (Å²) in [6.45, 7) is 1.64. The van der Waals surface area contributed by atoms with Crippen molar-refractivity contribution in [3.63, 3.8) is 0 Å². The van der Waals surface area contributed by atoms with Crippen LogP contribution >= 0.6 is 11.6 Å². The Morgan fingerprint density at radius 1 is 1.07 bits per heavy atom. The molecule has 0 bridgehead atoms. The number of ether oxygens (including phenoxy) is 3. The van der Waals surface area contributed by atoms with Gasteiger partial charge in [0.25, 0.3) is 5.91 Å². The molecule has 1 amide bonds. The Bertz CT molecular complexity index is 1080. The molecule has 1 heterocycles. The number of hydrogen-bond donors (Lipinski definition) is 1. The van der Waals surface area contributed by atoms with Gasteiger partial charge in [0, 0.05) is 18.2 Å². The minimum atomic E-state index is -0.689. The van der Waals surface area contributed by atoms with E-state index in [1.54, 1.807) is 37.3 Å². The molecule has 0 atom stereocenters. The van der Waals surface area contributed by atoms with Gasteiger partial charge in [-0.2, -0.15) is 0 Å². The van der Waals surface area contributed by atoms with E-state index in [0.29, 0.717) is 23.0 Å². The predicted molar refractivity (Wildman–Crippen MR) is 109 cm³/mol. The summed E-state index contributed by atoms with van der Waals surface area (Å²) >= 11 is 6.10. The van der Waals surface area contributed by atoms with E-state index in [0.717, 1.165) is 0 Å². The summed E-state index contributed by atoms with van der Waals surface area (Å²) in [5.74, 6) is 0.0491. The molecule has 3 aromatic rings. The molecule has 2 aromatic carbocycles. The van der Waals surface area contributed by atoms with Crippen molar-refractivity contribution >= 4 is 29.2 Å². The van der Waals surface area contributed by atoms with Crippen molar-refractivity contribution in [2.45, 2.75) is 13.5 Å². The van der Waals surface area contributed by atoms with Crippen LogP contribution < -0.4 is 14.8 Å². The number of nitrogens with zero attached hydrogens (tertiary/aromatic N) is 1. The van der Waals surface area contributed by atoms with Crippen LogP contribution in [0.5, 0.6) is 11.5 Å². The zero-order chi connectivity index (χ0) is 21.7. The molecule has 8 nitrogen and oxygen atoms in total. The van der Waals surface area contributed by atoms with Crippen LogP contribution in [0.25, 0.3) is 0 Å². The maximum Gasteiger partial charge on any atom is 0.340 e. The molecule has 1 aromatic heterocycles. The fraction of sp³-hybridized carbons (Fsp3) is 0.190. The fourth-order valence-corrected chi connectivity index (χ4v) is 2.91. The third-order valence-corrected chi connectivity index (χ3v) is 4.47. The molecular formula is C21H19ClN2O6. The number of amides is 1. The first-order valence-corrected chi connectivity index (χ1v) is 9.22. The third kappa shape index (κ3) is 4.72. The van der Waals surface area contributed by atoms with Crippen LogP contribution in [0.2, 0.25) is 5.02 Å². The average Bonchev–Trinajstić information content (AvgIpc) is 3.17. The fourth-order valence-electron chi connectivity index (χ4n) is 2.69. The quantitative estimate of drug-likeness (QED) is 0.559. The number of aromatic nitrogens is 1. The number of hydrogen-bond acceptors (Lipinski definition) is 7. The van der Waals surface area contributed by atoms with Crippen molar-refractivity contribution in [1.29, 1.82) is 0 Å². The van der Waals surface area contributed by atoms with E-state index in [1.807, 2.05) is 0 Å². The molecule has 0 aliphatic rings. The molecule has 1 N–H and O–H groups in total. The van der Waals surface area contributed by atoms with Crippen molar-refractivity contribution in [2.24, 2.45) is 0 Å². The maximum atomic E-state index is 12.7. The minimum absolute atomic E-state index is 0.0771. The zero-order valence-corrected chi connectivity index (χ0v) is 17.3. The average molecular weight is 431 g/mol. The molecule has 0 spiro atoms. The molecule has 0 aliphatic carbocycles. The largest absolute Gasteiger partial charge is 0.493 e. The number of carbonyl (C=O) groups excluding carboxylic acids is 2. The first kappa shape index (κ1) is 21.2. The van der Waals surface area contributed by atoms with Crippen molar-refractivity contribution in [3.05, 3.63) is 70.1 Å². The van der Waals surface area contributed by atoms with Gasteiger partial charge >= 0.3 is 5.97 Å². The monoisotopic (exact) mass is 430 g/mol. The van der Waals surface area contributed by atoms with Crippen LogP contribution in [0.1, 0.15) is 32.2 Å². The van der Waals surface area contributed by atoms with Gasteiger partial charge in [-0.15, -0.1) is 0 Å². The summed E-state index contributed by atoms with van der Waals surface area (Å²) in [6.07, 6.45) is 0. The molecule has 3 rings (SSSR count). The van der Waals surface area contributed by atoms with Crippen LogP contribution in [0.4, 0.5) is 5.69 Å². The van der Waals surface area contributed by atoms with Crippen LogP contribution in [-0.4, -0.2) is 31.3 Å². The van der Waals surface area contributed by atoms with Gasteiger partial charge in [0.1, 0.15) is 18.1 Å². The van der Waals surface area contributed by atoms with Gasteiger partial charge in [0.2, 0.25) is 0 Å². The summed E-state index contributed by atoms with van der Waals surface area (Å²) in [7, 11) is 2.88. The Hall–Kier alpha value is -3.52. The first-order chi connectivity index (χ1) is 14.4. The van der Waals surface area contributed by atoms with Gasteiger partial charge in [-0.05, 0) is 19.1 Å². The molecule has 0 saturated heterocycles. The second-order valence-electron chi connectivity index (χ2n) is 6.19. The lowest BCUT2D eigenvalue weighted by molar-refractivity contribution is 0.0465. The van der Waals surface area contributed by atoms with E-state index in [4.69, 9.17) is 30.3 Å². The van der Waals surface area contributed by atoms with Gasteiger partial charge in [-0.3, -0.25) is 4.79 Å². The molecule has 30 heavy (non-hydrogen) atoms. The Morgan fingerprint density at radius 2 is 1.77 bits per heavy atom. The summed E-state index contributed by atoms with van der Waals surface area (Å²) in [5, 5.41) is 6.74. The van der Waals surface area contributed by atoms with Crippen LogP contribution in [0, 0.1) is 6.92 Å². The van der Waals surface area contributed by atoms with Crippen LogP contribution in [0.15, 0.2) is 47.0 Å². The number of methoxy groups -OCH3 is 2. The number of anilines is 1. The molecule has 0 unspecified atom stereocenters. The van der Waals surface area contributed by atoms with Gasteiger partial charge in [-0.25, -0.2) is 4.79 Å². The molecule has 156 valence electrons. The standard InChI is InChI=1S/C21H19ClN2O6/c1-12-8-13(24-30-12)11-29-21(26)15-9-18(27-2)19(28-3)10-17(15)23-20(25)14-6-4-5-7-16(14)22/h4-10H,11H2,1-3H3,(H,23,25). The highest BCUT2D eigenvalue weighted by atomic mass is 35.5. The summed E-state index contributed by atoms with van der Waals surface area (Å²) in [5.41, 5.74) is 0.974. The highest BCUT2D eigenvalue weighted by Gasteiger charge is 2.21. The Kier molecular flexibility index (Phi) is 6.58. The molecule has 0 fully saturated rings. The summed E-state index contributed by atoms with van der Waals surface area (Å²) < 4.78 is 20.8. The van der Waals surface area contributed by atoms with Gasteiger partial charge < -0.3 is 24.1 Å².